The van der Waals surface area contributed by atoms with Crippen molar-refractivity contribution in [3.8, 4) is 0 Å². The van der Waals surface area contributed by atoms with Gasteiger partial charge < -0.3 is 11.1 Å². The van der Waals surface area contributed by atoms with Crippen LogP contribution in [0.4, 0.5) is 21.0 Å². The molecule has 0 aliphatic carbocycles. The lowest BCUT2D eigenvalue weighted by molar-refractivity contribution is 0.244. The zero-order chi connectivity index (χ0) is 23.5. The topological polar surface area (TPSA) is 75.4 Å². The van der Waals surface area contributed by atoms with Crippen molar-refractivity contribution >= 4 is 23.4 Å². The number of nitrogens with zero attached hydrogens (tertiary/aromatic N) is 1. The highest BCUT2D eigenvalue weighted by Gasteiger charge is 2.29. The fourth-order valence-corrected chi connectivity index (χ4v) is 3.94. The van der Waals surface area contributed by atoms with E-state index in [1.165, 1.54) is 0 Å². The van der Waals surface area contributed by atoms with Gasteiger partial charge >= 0.3 is 12.1 Å². The number of nitrogens with two attached hydrogens (primary N) is 1. The molecule has 2 aromatic carbocycles. The van der Waals surface area contributed by atoms with Crippen molar-refractivity contribution in [3.05, 3.63) is 58.7 Å². The van der Waals surface area contributed by atoms with Crippen molar-refractivity contribution in [2.45, 2.75) is 79.1 Å². The van der Waals surface area contributed by atoms with Crippen molar-refractivity contribution in [2.24, 2.45) is 5.73 Å². The minimum absolute atomic E-state index is 0.123. The Morgan fingerprint density at radius 3 is 1.39 bits per heavy atom. The summed E-state index contributed by atoms with van der Waals surface area (Å²) in [6.45, 7) is 16.5. The fraction of sp³-hybridized carbons (Fsp3) is 0.462. The molecule has 31 heavy (non-hydrogen) atoms. The Balaban J connectivity index is 2.66. The van der Waals surface area contributed by atoms with Gasteiger partial charge in [0.15, 0.2) is 0 Å². The first-order valence-electron chi connectivity index (χ1n) is 11.1. The van der Waals surface area contributed by atoms with Gasteiger partial charge in [-0.1, -0.05) is 91.8 Å². The SMILES string of the molecule is CC(C)c1cccc(C(C)C)c1NC(=O)N(C(N)=O)c1c(C(C)C)cccc1C(C)C. The normalized spacial score (nSPS) is 11.5. The number of carbonyl (C=O) groups is 2. The van der Waals surface area contributed by atoms with Crippen LogP contribution in [0, 0.1) is 0 Å². The Kier molecular flexibility index (Phi) is 7.88. The van der Waals surface area contributed by atoms with Gasteiger partial charge in [-0.15, -0.1) is 0 Å². The standard InChI is InChI=1S/C26H37N3O2/c1-15(2)19-11-9-12-20(16(3)4)23(19)28-26(31)29(25(27)30)24-21(17(5)6)13-10-14-22(24)18(7)8/h9-18H,1-8H3,(H2,27,30)(H,28,31). The monoisotopic (exact) mass is 423 g/mol. The molecule has 0 bridgehead atoms. The maximum Gasteiger partial charge on any atom is 0.334 e. The molecule has 0 aliphatic rings. The number of hydrogen-bond donors (Lipinski definition) is 2. The molecule has 0 aromatic heterocycles. The highest BCUT2D eigenvalue weighted by molar-refractivity contribution is 6.18. The molecule has 0 atom stereocenters. The third-order valence-corrected chi connectivity index (χ3v) is 5.59. The molecule has 2 rings (SSSR count). The number of benzene rings is 2. The zero-order valence-electron chi connectivity index (χ0n) is 20.1. The van der Waals surface area contributed by atoms with Gasteiger partial charge in [0.1, 0.15) is 0 Å². The lowest BCUT2D eigenvalue weighted by Gasteiger charge is -2.29. The zero-order valence-corrected chi connectivity index (χ0v) is 20.1. The maximum atomic E-state index is 13.6. The lowest BCUT2D eigenvalue weighted by Crippen LogP contribution is -2.45. The molecule has 0 aliphatic heterocycles. The second-order valence-corrected chi connectivity index (χ2v) is 9.32. The molecule has 0 heterocycles. The number of carbonyl (C=O) groups excluding carboxylic acids is 2. The Morgan fingerprint density at radius 2 is 1.06 bits per heavy atom. The summed E-state index contributed by atoms with van der Waals surface area (Å²) in [5.74, 6) is 0.672. The first-order chi connectivity index (χ1) is 14.5. The number of primary amides is 1. The molecule has 0 saturated carbocycles. The summed E-state index contributed by atoms with van der Waals surface area (Å²) in [5.41, 5.74) is 11.0. The first-order valence-corrected chi connectivity index (χ1v) is 11.1. The Hall–Kier alpha value is -2.82. The van der Waals surface area contributed by atoms with E-state index in [2.05, 4.69) is 33.0 Å². The summed E-state index contributed by atoms with van der Waals surface area (Å²) < 4.78 is 0. The fourth-order valence-electron chi connectivity index (χ4n) is 3.94. The number of imide groups is 1. The van der Waals surface area contributed by atoms with E-state index in [0.29, 0.717) is 5.69 Å². The number of para-hydroxylation sites is 2. The van der Waals surface area contributed by atoms with Crippen LogP contribution in [0.15, 0.2) is 36.4 Å². The average Bonchev–Trinajstić information content (AvgIpc) is 2.67. The molecular weight excluding hydrogens is 386 g/mol. The van der Waals surface area contributed by atoms with Crippen LogP contribution >= 0.6 is 0 Å². The maximum absolute atomic E-state index is 13.6. The van der Waals surface area contributed by atoms with Gasteiger partial charge in [-0.25, -0.2) is 14.5 Å². The molecule has 0 saturated heterocycles. The number of nitrogens with one attached hydrogen (secondary N) is 1. The molecule has 0 spiro atoms. The molecule has 3 N–H and O–H groups in total. The number of amides is 4. The molecule has 5 heteroatoms. The molecule has 5 nitrogen and oxygen atoms in total. The summed E-state index contributed by atoms with van der Waals surface area (Å²) in [6.07, 6.45) is 0. The molecule has 168 valence electrons. The Bertz CT molecular complexity index is 893. The summed E-state index contributed by atoms with van der Waals surface area (Å²) >= 11 is 0. The number of urea groups is 2. The molecule has 0 fully saturated rings. The summed E-state index contributed by atoms with van der Waals surface area (Å²) in [5, 5.41) is 3.04. The predicted octanol–water partition coefficient (Wildman–Crippen LogP) is 7.30. The summed E-state index contributed by atoms with van der Waals surface area (Å²) in [7, 11) is 0. The van der Waals surface area contributed by atoms with E-state index in [0.717, 1.165) is 32.8 Å². The largest absolute Gasteiger partial charge is 0.351 e. The van der Waals surface area contributed by atoms with Crippen molar-refractivity contribution in [1.29, 1.82) is 0 Å². The first kappa shape index (κ1) is 24.4. The lowest BCUT2D eigenvalue weighted by atomic mass is 9.91. The second kappa shape index (κ2) is 9.99. The van der Waals surface area contributed by atoms with Gasteiger partial charge in [0.05, 0.1) is 5.69 Å². The minimum atomic E-state index is -0.791. The summed E-state index contributed by atoms with van der Waals surface area (Å²) in [4.78, 5) is 27.3. The van der Waals surface area contributed by atoms with Crippen LogP contribution in [0.3, 0.4) is 0 Å². The van der Waals surface area contributed by atoms with Crippen LogP contribution in [0.5, 0.6) is 0 Å². The van der Waals surface area contributed by atoms with Crippen LogP contribution in [-0.2, 0) is 0 Å². The van der Waals surface area contributed by atoms with E-state index in [4.69, 9.17) is 5.73 Å². The van der Waals surface area contributed by atoms with Gasteiger partial charge in [0, 0.05) is 5.69 Å². The van der Waals surface area contributed by atoms with Crippen LogP contribution < -0.4 is 16.0 Å². The highest BCUT2D eigenvalue weighted by Crippen LogP contribution is 2.37. The van der Waals surface area contributed by atoms with Crippen LogP contribution in [0.1, 0.15) is 101 Å². The quantitative estimate of drug-likeness (QED) is 0.511. The Morgan fingerprint density at radius 1 is 0.710 bits per heavy atom. The van der Waals surface area contributed by atoms with Crippen LogP contribution in [-0.4, -0.2) is 12.1 Å². The van der Waals surface area contributed by atoms with Gasteiger partial charge in [0.25, 0.3) is 0 Å². The van der Waals surface area contributed by atoms with Gasteiger partial charge in [-0.05, 0) is 45.9 Å². The smallest absolute Gasteiger partial charge is 0.334 e. The van der Waals surface area contributed by atoms with E-state index < -0.39 is 12.1 Å². The summed E-state index contributed by atoms with van der Waals surface area (Å²) in [6, 6.07) is 10.6. The van der Waals surface area contributed by atoms with Crippen molar-refractivity contribution < 1.29 is 9.59 Å². The van der Waals surface area contributed by atoms with Crippen LogP contribution in [0.2, 0.25) is 0 Å². The predicted molar refractivity (Wildman–Crippen MR) is 130 cm³/mol. The molecule has 4 amide bonds. The van der Waals surface area contributed by atoms with Crippen molar-refractivity contribution in [1.82, 2.24) is 0 Å². The van der Waals surface area contributed by atoms with E-state index >= 15 is 0 Å². The number of hydrogen-bond acceptors (Lipinski definition) is 2. The van der Waals surface area contributed by atoms with Crippen molar-refractivity contribution in [3.63, 3.8) is 0 Å². The highest BCUT2D eigenvalue weighted by atomic mass is 16.2. The van der Waals surface area contributed by atoms with Gasteiger partial charge in [0.2, 0.25) is 0 Å². The van der Waals surface area contributed by atoms with E-state index in [-0.39, 0.29) is 23.7 Å². The average molecular weight is 424 g/mol. The Labute approximate surface area is 187 Å². The second-order valence-electron chi connectivity index (χ2n) is 9.32. The van der Waals surface area contributed by atoms with Gasteiger partial charge in [-0.3, -0.25) is 0 Å². The number of rotatable bonds is 6. The van der Waals surface area contributed by atoms with Crippen molar-refractivity contribution in [2.75, 3.05) is 10.2 Å². The van der Waals surface area contributed by atoms with Gasteiger partial charge in [-0.2, -0.15) is 0 Å². The van der Waals surface area contributed by atoms with E-state index in [1.807, 2.05) is 64.1 Å². The number of anilines is 2. The molecular formula is C26H37N3O2. The third kappa shape index (κ3) is 5.27. The van der Waals surface area contributed by atoms with E-state index in [1.54, 1.807) is 0 Å². The third-order valence-electron chi connectivity index (χ3n) is 5.59. The molecule has 2 aromatic rings. The molecule has 0 unspecified atom stereocenters. The molecule has 0 radical (unpaired) electrons. The van der Waals surface area contributed by atoms with Crippen LogP contribution in [0.25, 0.3) is 0 Å². The van der Waals surface area contributed by atoms with E-state index in [9.17, 15) is 9.59 Å². The minimum Gasteiger partial charge on any atom is -0.351 e.